The zero-order valence-corrected chi connectivity index (χ0v) is 16.1. The maximum absolute atomic E-state index is 5.86. The molecule has 0 unspecified atom stereocenters. The average Bonchev–Trinajstić information content (AvgIpc) is 2.85. The third-order valence-corrected chi connectivity index (χ3v) is 4.63. The molecule has 6 heteroatoms. The van der Waals surface area contributed by atoms with E-state index in [2.05, 4.69) is 40.5 Å². The summed E-state index contributed by atoms with van der Waals surface area (Å²) in [5, 5.41) is 5.41. The molecule has 0 aliphatic carbocycles. The summed E-state index contributed by atoms with van der Waals surface area (Å²) in [4.78, 5) is 8.38. The number of aliphatic imine (C=N–C) groups is 1. The number of fused-ring (bicyclic) bond motifs is 1. The Bertz CT molecular complexity index is 445. The maximum atomic E-state index is 5.86. The minimum atomic E-state index is 0. The molecule has 0 fully saturated rings. The molecule has 1 aromatic heterocycles. The van der Waals surface area contributed by atoms with Crippen LogP contribution in [0, 0.1) is 5.92 Å². The maximum Gasteiger partial charge on any atom is 0.188 e. The second-order valence-corrected chi connectivity index (χ2v) is 6.77. The van der Waals surface area contributed by atoms with Gasteiger partial charge in [-0.15, -0.1) is 35.3 Å². The summed E-state index contributed by atoms with van der Waals surface area (Å²) < 4.78 is 0. The molecule has 0 spiro atoms. The Morgan fingerprint density at radius 3 is 3.10 bits per heavy atom. The van der Waals surface area contributed by atoms with E-state index in [0.29, 0.717) is 11.9 Å². The van der Waals surface area contributed by atoms with Crippen LogP contribution >= 0.6 is 35.3 Å². The van der Waals surface area contributed by atoms with Crippen LogP contribution in [0.15, 0.2) is 16.4 Å². The van der Waals surface area contributed by atoms with Crippen molar-refractivity contribution in [1.29, 1.82) is 0 Å². The second kappa shape index (κ2) is 9.63. The molecule has 0 saturated carbocycles. The standard InChI is InChI=1S/C15H26N4S.HI/c1-12(2)3-6-17-15(16)18-7-9-19-8-4-14-13(11-19)5-10-20-14;/h5,10,12H,3-4,6-9,11H2,1-2H3,(H3,16,17,18);1H. The monoisotopic (exact) mass is 422 g/mol. The highest BCUT2D eigenvalue weighted by atomic mass is 127. The highest BCUT2D eigenvalue weighted by Crippen LogP contribution is 2.23. The lowest BCUT2D eigenvalue weighted by Crippen LogP contribution is -2.40. The van der Waals surface area contributed by atoms with Crippen LogP contribution in [0.5, 0.6) is 0 Å². The minimum absolute atomic E-state index is 0. The van der Waals surface area contributed by atoms with E-state index in [9.17, 15) is 0 Å². The fraction of sp³-hybridized carbons (Fsp3) is 0.667. The van der Waals surface area contributed by atoms with Gasteiger partial charge in [0.1, 0.15) is 0 Å². The van der Waals surface area contributed by atoms with Gasteiger partial charge < -0.3 is 11.1 Å². The third kappa shape index (κ3) is 6.52. The molecule has 1 aromatic rings. The highest BCUT2D eigenvalue weighted by Gasteiger charge is 2.16. The third-order valence-electron chi connectivity index (χ3n) is 3.61. The molecule has 0 saturated heterocycles. The average molecular weight is 422 g/mol. The largest absolute Gasteiger partial charge is 0.370 e. The van der Waals surface area contributed by atoms with Crippen LogP contribution in [-0.4, -0.2) is 37.0 Å². The van der Waals surface area contributed by atoms with E-state index in [0.717, 1.165) is 39.1 Å². The van der Waals surface area contributed by atoms with E-state index in [1.165, 1.54) is 12.0 Å². The van der Waals surface area contributed by atoms with Crippen molar-refractivity contribution < 1.29 is 0 Å². The Kier molecular flexibility index (Phi) is 8.58. The summed E-state index contributed by atoms with van der Waals surface area (Å²) in [6.07, 6.45) is 2.28. The summed E-state index contributed by atoms with van der Waals surface area (Å²) in [5.74, 6) is 1.26. The Labute approximate surface area is 149 Å². The van der Waals surface area contributed by atoms with E-state index in [-0.39, 0.29) is 24.0 Å². The molecule has 120 valence electrons. The molecule has 0 amide bonds. The van der Waals surface area contributed by atoms with Crippen molar-refractivity contribution in [3.8, 4) is 0 Å². The van der Waals surface area contributed by atoms with Crippen LogP contribution in [0.3, 0.4) is 0 Å². The van der Waals surface area contributed by atoms with E-state index in [1.807, 2.05) is 11.3 Å². The zero-order chi connectivity index (χ0) is 14.4. The van der Waals surface area contributed by atoms with Crippen LogP contribution in [0.1, 0.15) is 30.7 Å². The predicted octanol–water partition coefficient (Wildman–Crippen LogP) is 2.67. The van der Waals surface area contributed by atoms with E-state index in [1.54, 1.807) is 4.88 Å². The second-order valence-electron chi connectivity index (χ2n) is 5.77. The van der Waals surface area contributed by atoms with Gasteiger partial charge >= 0.3 is 0 Å². The minimum Gasteiger partial charge on any atom is -0.370 e. The lowest BCUT2D eigenvalue weighted by Gasteiger charge is -2.26. The molecule has 0 atom stereocenters. The molecule has 1 aliphatic heterocycles. The van der Waals surface area contributed by atoms with Gasteiger partial charge in [0.25, 0.3) is 0 Å². The van der Waals surface area contributed by atoms with Crippen molar-refractivity contribution in [2.75, 3.05) is 26.2 Å². The van der Waals surface area contributed by atoms with Crippen molar-refractivity contribution in [2.45, 2.75) is 33.2 Å². The number of nitrogens with two attached hydrogens (primary N) is 1. The van der Waals surface area contributed by atoms with E-state index < -0.39 is 0 Å². The Morgan fingerprint density at radius 2 is 2.33 bits per heavy atom. The fourth-order valence-corrected chi connectivity index (χ4v) is 3.23. The molecule has 0 radical (unpaired) electrons. The van der Waals surface area contributed by atoms with Gasteiger partial charge in [0.15, 0.2) is 5.96 Å². The lowest BCUT2D eigenvalue weighted by atomic mass is 10.1. The first-order valence-electron chi connectivity index (χ1n) is 7.46. The molecule has 1 aliphatic rings. The van der Waals surface area contributed by atoms with Crippen LogP contribution in [0.2, 0.25) is 0 Å². The van der Waals surface area contributed by atoms with Gasteiger partial charge in [-0.1, -0.05) is 13.8 Å². The molecule has 4 nitrogen and oxygen atoms in total. The van der Waals surface area contributed by atoms with Crippen LogP contribution in [0.25, 0.3) is 0 Å². The number of thiophene rings is 1. The topological polar surface area (TPSA) is 53.6 Å². The first-order chi connectivity index (χ1) is 9.65. The molecule has 3 N–H and O–H groups in total. The number of halogens is 1. The quantitative estimate of drug-likeness (QED) is 0.421. The number of nitrogens with zero attached hydrogens (tertiary/aromatic N) is 2. The van der Waals surface area contributed by atoms with Crippen LogP contribution in [0.4, 0.5) is 0 Å². The molecule has 0 aromatic carbocycles. The smallest absolute Gasteiger partial charge is 0.188 e. The van der Waals surface area contributed by atoms with E-state index in [4.69, 9.17) is 5.73 Å². The summed E-state index contributed by atoms with van der Waals surface area (Å²) in [6.45, 7) is 9.34. The van der Waals surface area contributed by atoms with Gasteiger partial charge in [0, 0.05) is 37.6 Å². The number of hydrogen-bond acceptors (Lipinski definition) is 3. The summed E-state index contributed by atoms with van der Waals surface area (Å²) in [7, 11) is 0. The number of nitrogens with one attached hydrogen (secondary N) is 1. The van der Waals surface area contributed by atoms with Crippen molar-refractivity contribution in [3.63, 3.8) is 0 Å². The highest BCUT2D eigenvalue weighted by molar-refractivity contribution is 14.0. The Morgan fingerprint density at radius 1 is 1.52 bits per heavy atom. The van der Waals surface area contributed by atoms with Gasteiger partial charge in [0.2, 0.25) is 0 Å². The number of guanidine groups is 1. The van der Waals surface area contributed by atoms with Gasteiger partial charge in [-0.3, -0.25) is 9.89 Å². The SMILES string of the molecule is CC(C)CCN=C(N)NCCN1CCc2sccc2C1.I. The first kappa shape index (κ1) is 18.7. The molecular formula is C15H27IN4S. The lowest BCUT2D eigenvalue weighted by molar-refractivity contribution is 0.260. The molecule has 0 bridgehead atoms. The van der Waals surface area contributed by atoms with Crippen LogP contribution in [-0.2, 0) is 13.0 Å². The molecule has 21 heavy (non-hydrogen) atoms. The predicted molar refractivity (Wildman–Crippen MR) is 103 cm³/mol. The Hall–Kier alpha value is -0.340. The summed E-state index contributed by atoms with van der Waals surface area (Å²) in [5.41, 5.74) is 7.36. The number of hydrogen-bond donors (Lipinski definition) is 2. The normalized spacial score (nSPS) is 15.7. The number of rotatable bonds is 6. The van der Waals surface area contributed by atoms with Crippen LogP contribution < -0.4 is 11.1 Å². The summed E-state index contributed by atoms with van der Waals surface area (Å²) >= 11 is 1.89. The van der Waals surface area contributed by atoms with Crippen molar-refractivity contribution in [1.82, 2.24) is 10.2 Å². The van der Waals surface area contributed by atoms with Gasteiger partial charge in [-0.2, -0.15) is 0 Å². The van der Waals surface area contributed by atoms with Gasteiger partial charge in [-0.25, -0.2) is 0 Å². The molecule has 2 heterocycles. The van der Waals surface area contributed by atoms with Gasteiger partial charge in [-0.05, 0) is 35.8 Å². The van der Waals surface area contributed by atoms with Crippen molar-refractivity contribution in [3.05, 3.63) is 21.9 Å². The molecule has 2 rings (SSSR count). The van der Waals surface area contributed by atoms with Crippen molar-refractivity contribution >= 4 is 41.3 Å². The first-order valence-corrected chi connectivity index (χ1v) is 8.34. The Balaban J connectivity index is 0.00000220. The summed E-state index contributed by atoms with van der Waals surface area (Å²) in [6, 6.07) is 2.25. The van der Waals surface area contributed by atoms with E-state index >= 15 is 0 Å². The van der Waals surface area contributed by atoms with Crippen molar-refractivity contribution in [2.24, 2.45) is 16.6 Å². The fourth-order valence-electron chi connectivity index (χ4n) is 2.34. The molecular weight excluding hydrogens is 395 g/mol. The zero-order valence-electron chi connectivity index (χ0n) is 13.0. The van der Waals surface area contributed by atoms with Gasteiger partial charge in [0.05, 0.1) is 0 Å².